The molecule has 0 aliphatic carbocycles. The van der Waals surface area contributed by atoms with Gasteiger partial charge in [0.25, 0.3) is 10.0 Å². The van der Waals surface area contributed by atoms with Crippen molar-refractivity contribution >= 4 is 38.9 Å². The minimum atomic E-state index is -4.28. The Hall–Kier alpha value is -1.37. The average molecular weight is 338 g/mol. The van der Waals surface area contributed by atoms with Crippen molar-refractivity contribution in [1.82, 2.24) is 0 Å². The van der Waals surface area contributed by atoms with Crippen LogP contribution in [0.4, 0.5) is 14.5 Å². The van der Waals surface area contributed by atoms with Crippen molar-refractivity contribution in [2.45, 2.75) is 4.90 Å². The summed E-state index contributed by atoms with van der Waals surface area (Å²) in [4.78, 5) is -0.798. The predicted octanol–water partition coefficient (Wildman–Crippen LogP) is 4.07. The summed E-state index contributed by atoms with van der Waals surface area (Å²) in [7, 11) is -4.28. The van der Waals surface area contributed by atoms with Crippen LogP contribution in [0.3, 0.4) is 0 Å². The largest absolute Gasteiger partial charge is 0.279 e. The van der Waals surface area contributed by atoms with Gasteiger partial charge in [-0.2, -0.15) is 0 Å². The van der Waals surface area contributed by atoms with Gasteiger partial charge >= 0.3 is 0 Å². The van der Waals surface area contributed by atoms with Crippen LogP contribution in [0.25, 0.3) is 0 Å². The summed E-state index contributed by atoms with van der Waals surface area (Å²) in [6, 6.07) is 6.14. The summed E-state index contributed by atoms with van der Waals surface area (Å²) in [6.45, 7) is 0. The molecule has 0 amide bonds. The van der Waals surface area contributed by atoms with E-state index in [1.54, 1.807) is 0 Å². The van der Waals surface area contributed by atoms with E-state index < -0.39 is 26.6 Å². The third kappa shape index (κ3) is 3.39. The van der Waals surface area contributed by atoms with Crippen molar-refractivity contribution in [3.8, 4) is 0 Å². The molecule has 2 aromatic rings. The molecule has 0 saturated carbocycles. The van der Waals surface area contributed by atoms with Crippen molar-refractivity contribution in [2.75, 3.05) is 4.72 Å². The Morgan fingerprint density at radius 2 is 1.55 bits per heavy atom. The molecule has 0 fully saturated rings. The molecule has 0 aromatic heterocycles. The van der Waals surface area contributed by atoms with Gasteiger partial charge in [-0.1, -0.05) is 23.2 Å². The van der Waals surface area contributed by atoms with Crippen LogP contribution < -0.4 is 4.72 Å². The molecule has 0 aliphatic heterocycles. The number of rotatable bonds is 3. The molecule has 0 heterocycles. The number of benzene rings is 2. The van der Waals surface area contributed by atoms with Gasteiger partial charge in [-0.05, 0) is 36.4 Å². The second kappa shape index (κ2) is 5.55. The molecule has 2 rings (SSSR count). The normalized spacial score (nSPS) is 11.4. The molecule has 0 radical (unpaired) electrons. The molecule has 20 heavy (non-hydrogen) atoms. The molecule has 3 nitrogen and oxygen atoms in total. The smallest absolute Gasteiger partial charge is 0.264 e. The zero-order valence-electron chi connectivity index (χ0n) is 9.70. The molecule has 0 saturated heterocycles. The Bertz CT molecular complexity index is 746. The maximum Gasteiger partial charge on any atom is 0.264 e. The standard InChI is InChI=1S/C12H7Cl2F2NO2S/c13-7-3-8(14)5-10(4-7)17-20(18,19)12-6-9(15)1-2-11(12)16/h1-6,17H. The Morgan fingerprint density at radius 3 is 2.15 bits per heavy atom. The minimum Gasteiger partial charge on any atom is -0.279 e. The molecular formula is C12H7Cl2F2NO2S. The van der Waals surface area contributed by atoms with Crippen LogP contribution in [0, 0.1) is 11.6 Å². The maximum atomic E-state index is 13.5. The van der Waals surface area contributed by atoms with Gasteiger partial charge < -0.3 is 0 Å². The number of hydrogen-bond acceptors (Lipinski definition) is 2. The molecule has 0 bridgehead atoms. The lowest BCUT2D eigenvalue weighted by Crippen LogP contribution is -2.15. The van der Waals surface area contributed by atoms with Crippen LogP contribution in [0.5, 0.6) is 0 Å². The summed E-state index contributed by atoms with van der Waals surface area (Å²) in [5.74, 6) is -1.93. The molecule has 106 valence electrons. The first kappa shape index (κ1) is 15.0. The van der Waals surface area contributed by atoms with Crippen LogP contribution in [0.15, 0.2) is 41.3 Å². The Balaban J connectivity index is 2.43. The SMILES string of the molecule is O=S(=O)(Nc1cc(Cl)cc(Cl)c1)c1cc(F)ccc1F. The first-order valence-corrected chi connectivity index (χ1v) is 7.46. The van der Waals surface area contributed by atoms with Crippen LogP contribution in [0.1, 0.15) is 0 Å². The van der Waals surface area contributed by atoms with E-state index in [4.69, 9.17) is 23.2 Å². The van der Waals surface area contributed by atoms with Gasteiger partial charge in [0, 0.05) is 10.0 Å². The van der Waals surface area contributed by atoms with E-state index in [0.717, 1.165) is 12.1 Å². The first-order valence-electron chi connectivity index (χ1n) is 5.22. The van der Waals surface area contributed by atoms with Crippen LogP contribution >= 0.6 is 23.2 Å². The van der Waals surface area contributed by atoms with Crippen molar-refractivity contribution < 1.29 is 17.2 Å². The number of halogens is 4. The fourth-order valence-electron chi connectivity index (χ4n) is 1.51. The monoisotopic (exact) mass is 337 g/mol. The number of nitrogens with one attached hydrogen (secondary N) is 1. The highest BCUT2D eigenvalue weighted by Gasteiger charge is 2.20. The lowest BCUT2D eigenvalue weighted by Gasteiger charge is -2.09. The van der Waals surface area contributed by atoms with Crippen LogP contribution in [-0.2, 0) is 10.0 Å². The van der Waals surface area contributed by atoms with E-state index in [0.29, 0.717) is 6.07 Å². The quantitative estimate of drug-likeness (QED) is 0.917. The number of hydrogen-bond donors (Lipinski definition) is 1. The minimum absolute atomic E-state index is 0.0474. The Morgan fingerprint density at radius 1 is 0.950 bits per heavy atom. The molecule has 0 atom stereocenters. The second-order valence-electron chi connectivity index (χ2n) is 3.84. The van der Waals surface area contributed by atoms with Gasteiger partial charge in [-0.15, -0.1) is 0 Å². The van der Waals surface area contributed by atoms with Crippen molar-refractivity contribution in [2.24, 2.45) is 0 Å². The molecular weight excluding hydrogens is 331 g/mol. The van der Waals surface area contributed by atoms with E-state index in [1.807, 2.05) is 0 Å². The topological polar surface area (TPSA) is 46.2 Å². The Kier molecular flexibility index (Phi) is 4.17. The molecule has 8 heteroatoms. The summed E-state index contributed by atoms with van der Waals surface area (Å²) < 4.78 is 52.6. The molecule has 0 spiro atoms. The number of anilines is 1. The molecule has 2 aromatic carbocycles. The third-order valence-electron chi connectivity index (χ3n) is 2.30. The van der Waals surface area contributed by atoms with E-state index in [9.17, 15) is 17.2 Å². The van der Waals surface area contributed by atoms with E-state index in [2.05, 4.69) is 4.72 Å². The van der Waals surface area contributed by atoms with Gasteiger partial charge in [0.1, 0.15) is 16.5 Å². The average Bonchev–Trinajstić information content (AvgIpc) is 2.30. The molecule has 0 unspecified atom stereocenters. The highest BCUT2D eigenvalue weighted by molar-refractivity contribution is 7.92. The fourth-order valence-corrected chi connectivity index (χ4v) is 3.16. The highest BCUT2D eigenvalue weighted by Crippen LogP contribution is 2.25. The van der Waals surface area contributed by atoms with E-state index in [1.165, 1.54) is 18.2 Å². The molecule has 0 aliphatic rings. The summed E-state index contributed by atoms with van der Waals surface area (Å²) in [5.41, 5.74) is 0.0474. The fraction of sp³-hybridized carbons (Fsp3) is 0. The summed E-state index contributed by atoms with van der Waals surface area (Å²) in [6.07, 6.45) is 0. The van der Waals surface area contributed by atoms with Crippen molar-refractivity contribution in [3.63, 3.8) is 0 Å². The van der Waals surface area contributed by atoms with Crippen molar-refractivity contribution in [3.05, 3.63) is 58.1 Å². The predicted molar refractivity (Wildman–Crippen MR) is 73.6 cm³/mol. The van der Waals surface area contributed by atoms with Gasteiger partial charge in [-0.3, -0.25) is 4.72 Å². The van der Waals surface area contributed by atoms with Gasteiger partial charge in [0.2, 0.25) is 0 Å². The maximum absolute atomic E-state index is 13.5. The van der Waals surface area contributed by atoms with Crippen molar-refractivity contribution in [1.29, 1.82) is 0 Å². The lowest BCUT2D eigenvalue weighted by molar-refractivity contribution is 0.555. The zero-order chi connectivity index (χ0) is 14.9. The van der Waals surface area contributed by atoms with E-state index >= 15 is 0 Å². The van der Waals surface area contributed by atoms with Crippen LogP contribution in [-0.4, -0.2) is 8.42 Å². The zero-order valence-corrected chi connectivity index (χ0v) is 12.0. The van der Waals surface area contributed by atoms with Gasteiger partial charge in [-0.25, -0.2) is 17.2 Å². The molecule has 1 N–H and O–H groups in total. The summed E-state index contributed by atoms with van der Waals surface area (Å²) >= 11 is 11.5. The third-order valence-corrected chi connectivity index (χ3v) is 4.13. The van der Waals surface area contributed by atoms with Gasteiger partial charge in [0.15, 0.2) is 0 Å². The first-order chi connectivity index (χ1) is 9.28. The second-order valence-corrected chi connectivity index (χ2v) is 6.36. The lowest BCUT2D eigenvalue weighted by atomic mass is 10.3. The van der Waals surface area contributed by atoms with Gasteiger partial charge in [0.05, 0.1) is 5.69 Å². The van der Waals surface area contributed by atoms with E-state index in [-0.39, 0.29) is 15.7 Å². The number of sulfonamides is 1. The van der Waals surface area contributed by atoms with Crippen LogP contribution in [0.2, 0.25) is 10.0 Å². The summed E-state index contributed by atoms with van der Waals surface area (Å²) in [5, 5.41) is 0.407. The highest BCUT2D eigenvalue weighted by atomic mass is 35.5. The Labute approximate surface area is 124 Å².